The van der Waals surface area contributed by atoms with E-state index in [0.717, 1.165) is 28.8 Å². The molecule has 1 N–H and O–H groups in total. The number of halogens is 3. The smallest absolute Gasteiger partial charge is 0.416 e. The average molecular weight is 507 g/mol. The van der Waals surface area contributed by atoms with Crippen molar-refractivity contribution in [2.45, 2.75) is 44.9 Å². The molecule has 1 amide bonds. The quantitative estimate of drug-likeness (QED) is 0.285. The number of anilines is 1. The van der Waals surface area contributed by atoms with Crippen molar-refractivity contribution in [2.75, 3.05) is 5.32 Å². The monoisotopic (exact) mass is 506 g/mol. The Morgan fingerprint density at radius 3 is 2.24 bits per heavy atom. The van der Waals surface area contributed by atoms with E-state index in [1.807, 2.05) is 24.3 Å². The highest BCUT2D eigenvalue weighted by Gasteiger charge is 2.31. The maximum absolute atomic E-state index is 13.0. The normalized spacial score (nSPS) is 14.3. The fourth-order valence-corrected chi connectivity index (χ4v) is 4.23. The van der Waals surface area contributed by atoms with Crippen LogP contribution < -0.4 is 5.32 Å². The molecular formula is C29H25F3N2O3. The van der Waals surface area contributed by atoms with Crippen LogP contribution in [0.4, 0.5) is 23.7 Å². The molecule has 1 saturated carbocycles. The third-order valence-corrected chi connectivity index (χ3v) is 6.51. The van der Waals surface area contributed by atoms with Crippen LogP contribution in [0, 0.1) is 6.92 Å². The van der Waals surface area contributed by atoms with E-state index in [0.29, 0.717) is 23.1 Å². The SMILES string of the molecule is Cc1onc(-c2ccc(-c3ccc(C4CC4)cc3)cc2)c1NC(=O)O[C@H](C)c1cccc(C(F)(F)F)c1. The van der Waals surface area contributed by atoms with Crippen molar-refractivity contribution in [1.29, 1.82) is 0 Å². The second-order valence-corrected chi connectivity index (χ2v) is 9.23. The summed E-state index contributed by atoms with van der Waals surface area (Å²) in [6, 6.07) is 21.0. The lowest BCUT2D eigenvalue weighted by Gasteiger charge is -2.16. The minimum atomic E-state index is -4.48. The first-order valence-electron chi connectivity index (χ1n) is 12.0. The van der Waals surface area contributed by atoms with Gasteiger partial charge in [-0.25, -0.2) is 4.79 Å². The van der Waals surface area contributed by atoms with Gasteiger partial charge in [-0.3, -0.25) is 5.32 Å². The number of benzene rings is 3. The van der Waals surface area contributed by atoms with E-state index >= 15 is 0 Å². The highest BCUT2D eigenvalue weighted by atomic mass is 19.4. The van der Waals surface area contributed by atoms with Gasteiger partial charge in [-0.2, -0.15) is 13.2 Å². The van der Waals surface area contributed by atoms with Gasteiger partial charge in [0, 0.05) is 5.56 Å². The molecule has 0 bridgehead atoms. The van der Waals surface area contributed by atoms with Crippen LogP contribution >= 0.6 is 0 Å². The zero-order valence-electron chi connectivity index (χ0n) is 20.3. The van der Waals surface area contributed by atoms with Crippen molar-refractivity contribution in [3.63, 3.8) is 0 Å². The molecule has 1 aliphatic rings. The van der Waals surface area contributed by atoms with E-state index in [1.54, 1.807) is 6.92 Å². The number of hydrogen-bond donors (Lipinski definition) is 1. The number of ether oxygens (including phenoxy) is 1. The van der Waals surface area contributed by atoms with E-state index in [4.69, 9.17) is 9.26 Å². The molecule has 1 aliphatic carbocycles. The fourth-order valence-electron chi connectivity index (χ4n) is 4.23. The lowest BCUT2D eigenvalue weighted by molar-refractivity contribution is -0.137. The lowest BCUT2D eigenvalue weighted by atomic mass is 10.00. The Balaban J connectivity index is 1.28. The number of rotatable bonds is 6. The van der Waals surface area contributed by atoms with Crippen molar-refractivity contribution in [3.05, 3.63) is 95.2 Å². The van der Waals surface area contributed by atoms with E-state index in [-0.39, 0.29) is 5.56 Å². The molecule has 3 aromatic carbocycles. The molecule has 0 spiro atoms. The van der Waals surface area contributed by atoms with Crippen molar-refractivity contribution in [1.82, 2.24) is 5.16 Å². The second kappa shape index (κ2) is 9.76. The van der Waals surface area contributed by atoms with Gasteiger partial charge < -0.3 is 9.26 Å². The van der Waals surface area contributed by atoms with Gasteiger partial charge in [-0.05, 0) is 67.0 Å². The topological polar surface area (TPSA) is 64.4 Å². The number of hydrogen-bond acceptors (Lipinski definition) is 4. The summed E-state index contributed by atoms with van der Waals surface area (Å²) in [7, 11) is 0. The zero-order chi connectivity index (χ0) is 26.2. The summed E-state index contributed by atoms with van der Waals surface area (Å²) in [6.45, 7) is 3.16. The van der Waals surface area contributed by atoms with Gasteiger partial charge in [0.2, 0.25) is 0 Å². The predicted octanol–water partition coefficient (Wildman–Crippen LogP) is 8.52. The molecule has 37 heavy (non-hydrogen) atoms. The summed E-state index contributed by atoms with van der Waals surface area (Å²) in [5.74, 6) is 1.08. The Labute approximate surface area is 212 Å². The average Bonchev–Trinajstić information content (AvgIpc) is 3.68. The van der Waals surface area contributed by atoms with E-state index in [9.17, 15) is 18.0 Å². The molecule has 0 aliphatic heterocycles. The maximum Gasteiger partial charge on any atom is 0.416 e. The molecule has 0 unspecified atom stereocenters. The van der Waals surface area contributed by atoms with Crippen molar-refractivity contribution < 1.29 is 27.2 Å². The minimum absolute atomic E-state index is 0.230. The lowest BCUT2D eigenvalue weighted by Crippen LogP contribution is -2.17. The Morgan fingerprint density at radius 1 is 1.00 bits per heavy atom. The van der Waals surface area contributed by atoms with Crippen LogP contribution in [-0.4, -0.2) is 11.2 Å². The molecule has 5 rings (SSSR count). The number of carbonyl (C=O) groups excluding carboxylic acids is 1. The van der Waals surface area contributed by atoms with Crippen LogP contribution in [0.3, 0.4) is 0 Å². The molecule has 1 atom stereocenters. The van der Waals surface area contributed by atoms with E-state index in [2.05, 4.69) is 34.7 Å². The molecule has 4 aromatic rings. The van der Waals surface area contributed by atoms with E-state index in [1.165, 1.54) is 37.5 Å². The minimum Gasteiger partial charge on any atom is -0.441 e. The molecule has 1 aromatic heterocycles. The van der Waals surface area contributed by atoms with Crippen LogP contribution in [0.15, 0.2) is 77.3 Å². The number of nitrogens with one attached hydrogen (secondary N) is 1. The summed E-state index contributed by atoms with van der Waals surface area (Å²) >= 11 is 0. The summed E-state index contributed by atoms with van der Waals surface area (Å²) in [5, 5.41) is 6.72. The van der Waals surface area contributed by atoms with Gasteiger partial charge in [-0.15, -0.1) is 0 Å². The van der Waals surface area contributed by atoms with Gasteiger partial charge in [0.15, 0.2) is 5.76 Å². The highest BCUT2D eigenvalue weighted by molar-refractivity contribution is 5.91. The fraction of sp³-hybridized carbons (Fsp3) is 0.241. The second-order valence-electron chi connectivity index (χ2n) is 9.23. The molecule has 0 saturated heterocycles. The number of nitrogens with zero attached hydrogens (tertiary/aromatic N) is 1. The van der Waals surface area contributed by atoms with Gasteiger partial charge >= 0.3 is 12.3 Å². The summed E-state index contributed by atoms with van der Waals surface area (Å²) < 4.78 is 49.7. The Kier molecular flexibility index (Phi) is 6.50. The molecule has 1 fully saturated rings. The molecule has 0 radical (unpaired) electrons. The number of alkyl halides is 3. The third kappa shape index (κ3) is 5.53. The van der Waals surface area contributed by atoms with E-state index < -0.39 is 23.9 Å². The first kappa shape index (κ1) is 24.6. The van der Waals surface area contributed by atoms with Gasteiger partial charge in [0.25, 0.3) is 0 Å². The number of carbonyl (C=O) groups is 1. The predicted molar refractivity (Wildman–Crippen MR) is 134 cm³/mol. The highest BCUT2D eigenvalue weighted by Crippen LogP contribution is 2.40. The maximum atomic E-state index is 13.0. The van der Waals surface area contributed by atoms with Gasteiger partial charge in [0.05, 0.1) is 5.56 Å². The summed E-state index contributed by atoms with van der Waals surface area (Å²) in [5.41, 5.74) is 4.46. The van der Waals surface area contributed by atoms with Crippen molar-refractivity contribution >= 4 is 11.8 Å². The Morgan fingerprint density at radius 2 is 1.62 bits per heavy atom. The summed E-state index contributed by atoms with van der Waals surface area (Å²) in [6.07, 6.45) is -3.69. The van der Waals surface area contributed by atoms with Crippen LogP contribution in [0.25, 0.3) is 22.4 Å². The number of aromatic nitrogens is 1. The van der Waals surface area contributed by atoms with Crippen LogP contribution in [0.2, 0.25) is 0 Å². The first-order chi connectivity index (χ1) is 17.7. The van der Waals surface area contributed by atoms with Gasteiger partial charge in [0.1, 0.15) is 17.5 Å². The molecule has 190 valence electrons. The molecule has 1 heterocycles. The number of aryl methyl sites for hydroxylation is 1. The van der Waals surface area contributed by atoms with Crippen LogP contribution in [0.5, 0.6) is 0 Å². The molecular weight excluding hydrogens is 481 g/mol. The molecule has 5 nitrogen and oxygen atoms in total. The van der Waals surface area contributed by atoms with Crippen LogP contribution in [-0.2, 0) is 10.9 Å². The molecule has 8 heteroatoms. The first-order valence-corrected chi connectivity index (χ1v) is 12.0. The summed E-state index contributed by atoms with van der Waals surface area (Å²) in [4.78, 5) is 12.6. The number of amides is 1. The Bertz CT molecular complexity index is 1410. The van der Waals surface area contributed by atoms with Crippen molar-refractivity contribution in [3.8, 4) is 22.4 Å². The standard InChI is InChI=1S/C29H25F3N2O3/c1-17(24-4-3-5-25(16-24)29(30,31)32)36-28(35)33-26-18(2)37-34-27(26)23-14-12-22(13-15-23)21-10-8-20(9-11-21)19-6-7-19/h3-5,8-17,19H,6-7H2,1-2H3,(H,33,35)/t17-/m1/s1. The largest absolute Gasteiger partial charge is 0.441 e. The zero-order valence-corrected chi connectivity index (χ0v) is 20.3. The van der Waals surface area contributed by atoms with Gasteiger partial charge in [-0.1, -0.05) is 65.8 Å². The Hall–Kier alpha value is -4.07. The van der Waals surface area contributed by atoms with Crippen LogP contribution in [0.1, 0.15) is 54.2 Å². The van der Waals surface area contributed by atoms with Crippen molar-refractivity contribution in [2.24, 2.45) is 0 Å². The third-order valence-electron chi connectivity index (χ3n) is 6.51.